The molecule has 5 rings (SSSR count). The van der Waals surface area contributed by atoms with Crippen molar-refractivity contribution in [1.29, 1.82) is 0 Å². The second-order valence-corrected chi connectivity index (χ2v) is 8.65. The largest absolute Gasteiger partial charge is 0.490 e. The van der Waals surface area contributed by atoms with Crippen molar-refractivity contribution in [3.8, 4) is 11.5 Å². The molecule has 172 valence electrons. The van der Waals surface area contributed by atoms with E-state index < -0.39 is 0 Å². The number of nitrogens with one attached hydrogen (secondary N) is 1. The summed E-state index contributed by atoms with van der Waals surface area (Å²) in [6, 6.07) is 23.4. The average molecular weight is 451 g/mol. The van der Waals surface area contributed by atoms with Gasteiger partial charge in [0.2, 0.25) is 0 Å². The zero-order chi connectivity index (χ0) is 23.3. The molecule has 0 saturated heterocycles. The molecule has 0 bridgehead atoms. The number of anilines is 1. The van der Waals surface area contributed by atoms with E-state index in [0.29, 0.717) is 42.6 Å². The maximum atomic E-state index is 5.74. The van der Waals surface area contributed by atoms with Gasteiger partial charge in [0.25, 0.3) is 0 Å². The topological polar surface area (TPSA) is 42.8 Å². The van der Waals surface area contributed by atoms with E-state index in [4.69, 9.17) is 9.47 Å². The molecule has 0 saturated carbocycles. The van der Waals surface area contributed by atoms with Crippen molar-refractivity contribution in [3.05, 3.63) is 108 Å². The molecule has 4 nitrogen and oxygen atoms in total. The lowest BCUT2D eigenvalue weighted by Gasteiger charge is -2.37. The molecule has 0 unspecified atom stereocenters. The molecule has 1 aliphatic carbocycles. The van der Waals surface area contributed by atoms with Gasteiger partial charge in [-0.3, -0.25) is 4.99 Å². The Morgan fingerprint density at radius 2 is 1.88 bits per heavy atom. The van der Waals surface area contributed by atoms with E-state index in [-0.39, 0.29) is 0 Å². The highest BCUT2D eigenvalue weighted by molar-refractivity contribution is 5.83. The molecule has 4 heteroatoms. The number of nitrogens with zero attached hydrogens (tertiary/aromatic N) is 1. The Hall–Kier alpha value is -3.79. The minimum atomic E-state index is 0.296. The Morgan fingerprint density at radius 3 is 2.71 bits per heavy atom. The summed E-state index contributed by atoms with van der Waals surface area (Å²) in [5, 5.41) is 3.79. The summed E-state index contributed by atoms with van der Waals surface area (Å²) in [6.45, 7) is 6.68. The highest BCUT2D eigenvalue weighted by atomic mass is 16.5. The lowest BCUT2D eigenvalue weighted by atomic mass is 9.77. The van der Waals surface area contributed by atoms with Crippen molar-refractivity contribution in [1.82, 2.24) is 0 Å². The summed E-state index contributed by atoms with van der Waals surface area (Å²) in [5.41, 5.74) is 5.84. The molecule has 1 aliphatic heterocycles. The van der Waals surface area contributed by atoms with Crippen LogP contribution in [0, 0.1) is 5.92 Å². The molecule has 34 heavy (non-hydrogen) atoms. The molecule has 3 aromatic carbocycles. The third-order valence-corrected chi connectivity index (χ3v) is 6.51. The van der Waals surface area contributed by atoms with Gasteiger partial charge in [-0.05, 0) is 72.4 Å². The number of hydrogen-bond acceptors (Lipinski definition) is 4. The minimum Gasteiger partial charge on any atom is -0.490 e. The van der Waals surface area contributed by atoms with E-state index in [1.165, 1.54) is 16.8 Å². The van der Waals surface area contributed by atoms with Crippen LogP contribution in [0.3, 0.4) is 0 Å². The van der Waals surface area contributed by atoms with Crippen molar-refractivity contribution < 1.29 is 9.47 Å². The quantitative estimate of drug-likeness (QED) is 0.291. The van der Waals surface area contributed by atoms with E-state index in [0.717, 1.165) is 17.7 Å². The Morgan fingerprint density at radius 1 is 1.03 bits per heavy atom. The number of benzene rings is 3. The van der Waals surface area contributed by atoms with Gasteiger partial charge in [0, 0.05) is 17.8 Å². The SMILES string of the molecule is C=CCOc1ccc(C=Nc2ccc([C@@H]3Nc4ccccc4[C@@H]4C=CC[C@H]43)cc2)cc1OCC. The minimum absolute atomic E-state index is 0.296. The molecule has 1 N–H and O–H groups in total. The first-order valence-electron chi connectivity index (χ1n) is 11.9. The summed E-state index contributed by atoms with van der Waals surface area (Å²) in [5.74, 6) is 2.46. The normalized spacial score (nSPS) is 20.4. The molecule has 3 aromatic rings. The van der Waals surface area contributed by atoms with Crippen molar-refractivity contribution >= 4 is 17.6 Å². The van der Waals surface area contributed by atoms with Crippen LogP contribution in [-0.2, 0) is 0 Å². The third-order valence-electron chi connectivity index (χ3n) is 6.51. The van der Waals surface area contributed by atoms with E-state index in [9.17, 15) is 0 Å². The van der Waals surface area contributed by atoms with Crippen LogP contribution < -0.4 is 14.8 Å². The second kappa shape index (κ2) is 10.0. The Kier molecular flexibility index (Phi) is 6.48. The van der Waals surface area contributed by atoms with Crippen molar-refractivity contribution in [2.75, 3.05) is 18.5 Å². The number of rotatable bonds is 8. The zero-order valence-corrected chi connectivity index (χ0v) is 19.5. The number of aliphatic imine (C=N–C) groups is 1. The van der Waals surface area contributed by atoms with Gasteiger partial charge >= 0.3 is 0 Å². The van der Waals surface area contributed by atoms with Crippen molar-refractivity contribution in [3.63, 3.8) is 0 Å². The summed E-state index contributed by atoms with van der Waals surface area (Å²) in [4.78, 5) is 4.69. The van der Waals surface area contributed by atoms with Crippen molar-refractivity contribution in [2.24, 2.45) is 10.9 Å². The van der Waals surface area contributed by atoms with Crippen LogP contribution in [0.5, 0.6) is 11.5 Å². The van der Waals surface area contributed by atoms with Gasteiger partial charge in [-0.1, -0.05) is 55.1 Å². The predicted molar refractivity (Wildman–Crippen MR) is 140 cm³/mol. The lowest BCUT2D eigenvalue weighted by molar-refractivity contribution is 0.297. The molecule has 0 radical (unpaired) electrons. The lowest BCUT2D eigenvalue weighted by Crippen LogP contribution is -2.28. The highest BCUT2D eigenvalue weighted by Crippen LogP contribution is 2.49. The molecule has 1 heterocycles. The molecule has 0 spiro atoms. The molecule has 0 amide bonds. The fourth-order valence-electron chi connectivity index (χ4n) is 4.93. The second-order valence-electron chi connectivity index (χ2n) is 8.65. The van der Waals surface area contributed by atoms with Gasteiger partial charge in [-0.15, -0.1) is 0 Å². The van der Waals surface area contributed by atoms with Gasteiger partial charge in [-0.2, -0.15) is 0 Å². The van der Waals surface area contributed by atoms with Gasteiger partial charge in [-0.25, -0.2) is 0 Å². The van der Waals surface area contributed by atoms with Crippen LogP contribution in [0.15, 0.2) is 96.5 Å². The fourth-order valence-corrected chi connectivity index (χ4v) is 4.93. The summed E-state index contributed by atoms with van der Waals surface area (Å²) < 4.78 is 11.4. The maximum absolute atomic E-state index is 5.74. The molecular formula is C30H30N2O2. The maximum Gasteiger partial charge on any atom is 0.161 e. The Balaban J connectivity index is 1.32. The van der Waals surface area contributed by atoms with E-state index >= 15 is 0 Å². The van der Waals surface area contributed by atoms with Crippen LogP contribution in [0.4, 0.5) is 11.4 Å². The summed E-state index contributed by atoms with van der Waals surface area (Å²) >= 11 is 0. The first-order chi connectivity index (χ1) is 16.8. The number of ether oxygens (including phenoxy) is 2. The summed E-state index contributed by atoms with van der Waals surface area (Å²) in [7, 11) is 0. The van der Waals surface area contributed by atoms with Gasteiger partial charge in [0.15, 0.2) is 11.5 Å². The van der Waals surface area contributed by atoms with Gasteiger partial charge in [0.05, 0.1) is 18.3 Å². The predicted octanol–water partition coefficient (Wildman–Crippen LogP) is 7.23. The molecular weight excluding hydrogens is 420 g/mol. The third kappa shape index (κ3) is 4.49. The number of para-hydroxylation sites is 1. The van der Waals surface area contributed by atoms with Gasteiger partial charge in [0.1, 0.15) is 6.61 Å². The number of allylic oxidation sites excluding steroid dienone is 2. The molecule has 3 atom stereocenters. The first kappa shape index (κ1) is 22.0. The Labute approximate surface area is 201 Å². The van der Waals surface area contributed by atoms with Crippen LogP contribution >= 0.6 is 0 Å². The summed E-state index contributed by atoms with van der Waals surface area (Å²) in [6.07, 6.45) is 9.39. The van der Waals surface area contributed by atoms with E-state index in [2.05, 4.69) is 77.6 Å². The van der Waals surface area contributed by atoms with Crippen LogP contribution in [0.25, 0.3) is 0 Å². The number of fused-ring (bicyclic) bond motifs is 3. The van der Waals surface area contributed by atoms with Crippen LogP contribution in [0.2, 0.25) is 0 Å². The zero-order valence-electron chi connectivity index (χ0n) is 19.5. The molecule has 2 aliphatic rings. The first-order valence-corrected chi connectivity index (χ1v) is 11.9. The van der Waals surface area contributed by atoms with Gasteiger partial charge < -0.3 is 14.8 Å². The van der Waals surface area contributed by atoms with Crippen LogP contribution in [-0.4, -0.2) is 19.4 Å². The average Bonchev–Trinajstić information content (AvgIpc) is 3.37. The standard InChI is InChI=1S/C30H30N2O2/c1-3-18-34-28-17-12-21(19-29(28)33-4-2)20-31-23-15-13-22(14-16-23)30-26-10-7-9-24(26)25-8-5-6-11-27(25)32-30/h3,5-9,11-17,19-20,24,26,30,32H,1,4,10,18H2,2H3/t24-,26+,30-/m0/s1. The smallest absolute Gasteiger partial charge is 0.161 e. The molecule has 0 fully saturated rings. The van der Waals surface area contributed by atoms with Crippen molar-refractivity contribution in [2.45, 2.75) is 25.3 Å². The monoisotopic (exact) mass is 450 g/mol. The Bertz CT molecular complexity index is 1210. The van der Waals surface area contributed by atoms with E-state index in [1.807, 2.05) is 31.3 Å². The number of hydrogen-bond donors (Lipinski definition) is 1. The van der Waals surface area contributed by atoms with E-state index in [1.54, 1.807) is 6.08 Å². The highest BCUT2D eigenvalue weighted by Gasteiger charge is 2.37. The van der Waals surface area contributed by atoms with Crippen LogP contribution in [0.1, 0.15) is 42.0 Å². The molecule has 0 aromatic heterocycles. The fraction of sp³-hybridized carbons (Fsp3) is 0.233.